The molecule has 0 aliphatic carbocycles. The van der Waals surface area contributed by atoms with Crippen molar-refractivity contribution in [3.8, 4) is 0 Å². The van der Waals surface area contributed by atoms with E-state index < -0.39 is 5.97 Å². The second-order valence-corrected chi connectivity index (χ2v) is 4.87. The molecule has 0 radical (unpaired) electrons. The monoisotopic (exact) mass is 242 g/mol. The van der Waals surface area contributed by atoms with E-state index in [2.05, 4.69) is 30.5 Å². The zero-order chi connectivity index (χ0) is 12.3. The van der Waals surface area contributed by atoms with Crippen LogP contribution in [0, 0.1) is 12.8 Å². The number of carbonyl (C=O) groups is 1. The van der Waals surface area contributed by atoms with Crippen molar-refractivity contribution in [1.29, 1.82) is 0 Å². The van der Waals surface area contributed by atoms with Gasteiger partial charge in [0.15, 0.2) is 0 Å². The molecular weight excluding hydrogens is 224 g/mol. The number of carboxylic acid groups (broad SMARTS) is 1. The third kappa shape index (κ3) is 2.72. The lowest BCUT2D eigenvalue weighted by Gasteiger charge is -2.20. The summed E-state index contributed by atoms with van der Waals surface area (Å²) >= 11 is 1.22. The SMILES string of the molecule is CCC(C)C(C)Nc1snc(C)c1C(=O)O. The molecular formula is C11H18N2O2S. The van der Waals surface area contributed by atoms with Crippen molar-refractivity contribution in [3.05, 3.63) is 11.3 Å². The molecule has 0 spiro atoms. The fraction of sp³-hybridized carbons (Fsp3) is 0.636. The molecule has 90 valence electrons. The molecule has 4 nitrogen and oxygen atoms in total. The number of hydrogen-bond donors (Lipinski definition) is 2. The molecule has 1 aromatic heterocycles. The van der Waals surface area contributed by atoms with Crippen molar-refractivity contribution in [2.75, 3.05) is 5.32 Å². The minimum absolute atomic E-state index is 0.253. The second kappa shape index (κ2) is 5.30. The summed E-state index contributed by atoms with van der Waals surface area (Å²) in [5.74, 6) is -0.408. The summed E-state index contributed by atoms with van der Waals surface area (Å²) < 4.78 is 4.07. The number of hydrogen-bond acceptors (Lipinski definition) is 4. The number of aromatic carboxylic acids is 1. The Morgan fingerprint density at radius 3 is 2.69 bits per heavy atom. The van der Waals surface area contributed by atoms with Crippen LogP contribution in [0.3, 0.4) is 0 Å². The van der Waals surface area contributed by atoms with Crippen molar-refractivity contribution in [2.45, 2.75) is 40.2 Å². The third-order valence-corrected chi connectivity index (χ3v) is 3.80. The molecule has 1 rings (SSSR count). The summed E-state index contributed by atoms with van der Waals surface area (Å²) in [5.41, 5.74) is 0.886. The average Bonchev–Trinajstić information content (AvgIpc) is 2.58. The zero-order valence-electron chi connectivity index (χ0n) is 10.1. The standard InChI is InChI=1S/C11H18N2O2S/c1-5-6(2)7(3)12-10-9(11(14)15)8(4)13-16-10/h6-7,12H,5H2,1-4H3,(H,14,15). The number of aromatic nitrogens is 1. The van der Waals surface area contributed by atoms with E-state index in [0.717, 1.165) is 6.42 Å². The Hall–Kier alpha value is -1.10. The van der Waals surface area contributed by atoms with Gasteiger partial charge in [-0.1, -0.05) is 20.3 Å². The fourth-order valence-electron chi connectivity index (χ4n) is 1.42. The summed E-state index contributed by atoms with van der Waals surface area (Å²) in [5, 5.41) is 13.0. The first-order valence-electron chi connectivity index (χ1n) is 5.43. The van der Waals surface area contributed by atoms with Crippen LogP contribution in [0.1, 0.15) is 43.2 Å². The molecule has 1 heterocycles. The molecule has 2 N–H and O–H groups in total. The van der Waals surface area contributed by atoms with E-state index in [0.29, 0.717) is 22.2 Å². The molecule has 0 aliphatic rings. The Morgan fingerprint density at radius 1 is 1.56 bits per heavy atom. The van der Waals surface area contributed by atoms with Crippen molar-refractivity contribution >= 4 is 22.5 Å². The summed E-state index contributed by atoms with van der Waals surface area (Å²) in [6.07, 6.45) is 1.06. The van der Waals surface area contributed by atoms with Crippen molar-refractivity contribution in [3.63, 3.8) is 0 Å². The highest BCUT2D eigenvalue weighted by Crippen LogP contribution is 2.26. The maximum Gasteiger partial charge on any atom is 0.340 e. The summed E-state index contributed by atoms with van der Waals surface area (Å²) in [7, 11) is 0. The molecule has 0 aliphatic heterocycles. The van der Waals surface area contributed by atoms with Crippen LogP contribution in [0.4, 0.5) is 5.00 Å². The maximum absolute atomic E-state index is 11.1. The molecule has 0 bridgehead atoms. The quantitative estimate of drug-likeness (QED) is 0.833. The predicted octanol–water partition coefficient (Wildman–Crippen LogP) is 3.00. The Kier molecular flexibility index (Phi) is 4.29. The van der Waals surface area contributed by atoms with Crippen LogP contribution in [0.25, 0.3) is 0 Å². The number of anilines is 1. The van der Waals surface area contributed by atoms with Crippen molar-refractivity contribution in [1.82, 2.24) is 4.37 Å². The topological polar surface area (TPSA) is 62.2 Å². The van der Waals surface area contributed by atoms with Gasteiger partial charge in [-0.05, 0) is 31.3 Å². The van der Waals surface area contributed by atoms with Crippen LogP contribution >= 0.6 is 11.5 Å². The summed E-state index contributed by atoms with van der Waals surface area (Å²) in [6.45, 7) is 8.05. The average molecular weight is 242 g/mol. The van der Waals surface area contributed by atoms with E-state index in [-0.39, 0.29) is 6.04 Å². The van der Waals surface area contributed by atoms with Crippen LogP contribution in [-0.4, -0.2) is 21.5 Å². The summed E-state index contributed by atoms with van der Waals surface area (Å²) in [4.78, 5) is 11.1. The Bertz CT molecular complexity index is 376. The van der Waals surface area contributed by atoms with E-state index in [1.54, 1.807) is 6.92 Å². The molecule has 1 aromatic rings. The van der Waals surface area contributed by atoms with Gasteiger partial charge in [0.2, 0.25) is 0 Å². The Morgan fingerprint density at radius 2 is 2.19 bits per heavy atom. The first-order chi connectivity index (χ1) is 7.47. The van der Waals surface area contributed by atoms with Gasteiger partial charge in [0, 0.05) is 6.04 Å². The predicted molar refractivity (Wildman–Crippen MR) is 66.4 cm³/mol. The lowest BCUT2D eigenvalue weighted by molar-refractivity contribution is 0.0697. The highest BCUT2D eigenvalue weighted by Gasteiger charge is 2.20. The van der Waals surface area contributed by atoms with E-state index in [1.807, 2.05) is 0 Å². The first kappa shape index (κ1) is 13.0. The van der Waals surface area contributed by atoms with E-state index in [4.69, 9.17) is 5.11 Å². The zero-order valence-corrected chi connectivity index (χ0v) is 10.9. The van der Waals surface area contributed by atoms with Gasteiger partial charge in [0.25, 0.3) is 0 Å². The van der Waals surface area contributed by atoms with Crippen molar-refractivity contribution in [2.24, 2.45) is 5.92 Å². The van der Waals surface area contributed by atoms with Crippen LogP contribution in [-0.2, 0) is 0 Å². The number of nitrogens with zero attached hydrogens (tertiary/aromatic N) is 1. The van der Waals surface area contributed by atoms with Crippen LogP contribution in [0.2, 0.25) is 0 Å². The number of rotatable bonds is 5. The van der Waals surface area contributed by atoms with Crippen LogP contribution < -0.4 is 5.32 Å². The molecule has 0 fully saturated rings. The Labute approximate surface area is 99.9 Å². The van der Waals surface area contributed by atoms with Gasteiger partial charge in [0.05, 0.1) is 5.69 Å². The van der Waals surface area contributed by atoms with Crippen molar-refractivity contribution < 1.29 is 9.90 Å². The van der Waals surface area contributed by atoms with Gasteiger partial charge in [-0.2, -0.15) is 4.37 Å². The molecule has 0 aromatic carbocycles. The normalized spacial score (nSPS) is 14.5. The minimum atomic E-state index is -0.912. The maximum atomic E-state index is 11.1. The van der Waals surface area contributed by atoms with E-state index in [1.165, 1.54) is 11.5 Å². The molecule has 0 amide bonds. The van der Waals surface area contributed by atoms with Gasteiger partial charge in [-0.15, -0.1) is 0 Å². The van der Waals surface area contributed by atoms with Crippen LogP contribution in [0.15, 0.2) is 0 Å². The molecule has 2 unspecified atom stereocenters. The van der Waals surface area contributed by atoms with Gasteiger partial charge in [-0.3, -0.25) is 0 Å². The van der Waals surface area contributed by atoms with Gasteiger partial charge < -0.3 is 10.4 Å². The first-order valence-corrected chi connectivity index (χ1v) is 6.20. The number of carboxylic acids is 1. The smallest absolute Gasteiger partial charge is 0.340 e. The third-order valence-electron chi connectivity index (χ3n) is 2.93. The summed E-state index contributed by atoms with van der Waals surface area (Å²) in [6, 6.07) is 0.253. The highest BCUT2D eigenvalue weighted by atomic mass is 32.1. The second-order valence-electron chi connectivity index (χ2n) is 4.10. The van der Waals surface area contributed by atoms with Gasteiger partial charge in [-0.25, -0.2) is 4.79 Å². The lowest BCUT2D eigenvalue weighted by Crippen LogP contribution is -2.23. The molecule has 0 saturated heterocycles. The largest absolute Gasteiger partial charge is 0.478 e. The number of aryl methyl sites for hydroxylation is 1. The molecule has 2 atom stereocenters. The molecule has 16 heavy (non-hydrogen) atoms. The fourth-order valence-corrected chi connectivity index (χ4v) is 2.31. The Balaban J connectivity index is 2.85. The lowest BCUT2D eigenvalue weighted by atomic mass is 10.0. The van der Waals surface area contributed by atoms with Gasteiger partial charge >= 0.3 is 5.97 Å². The minimum Gasteiger partial charge on any atom is -0.478 e. The highest BCUT2D eigenvalue weighted by molar-refractivity contribution is 7.10. The van der Waals surface area contributed by atoms with Crippen LogP contribution in [0.5, 0.6) is 0 Å². The van der Waals surface area contributed by atoms with E-state index >= 15 is 0 Å². The molecule has 5 heteroatoms. The van der Waals surface area contributed by atoms with Gasteiger partial charge in [0.1, 0.15) is 10.6 Å². The molecule has 0 saturated carbocycles. The van der Waals surface area contributed by atoms with E-state index in [9.17, 15) is 4.79 Å². The number of nitrogens with one attached hydrogen (secondary N) is 1.